The van der Waals surface area contributed by atoms with Crippen LogP contribution in [0.2, 0.25) is 0 Å². The summed E-state index contributed by atoms with van der Waals surface area (Å²) in [5.41, 5.74) is 0.938. The first-order valence-electron chi connectivity index (χ1n) is 16.0. The molecule has 1 aromatic heterocycles. The molecule has 0 radical (unpaired) electrons. The Morgan fingerprint density at radius 2 is 1.65 bits per heavy atom. The number of nitrogens with zero attached hydrogens (tertiary/aromatic N) is 2. The number of aromatic nitrogens is 1. The van der Waals surface area contributed by atoms with Crippen LogP contribution >= 0.6 is 0 Å². The van der Waals surface area contributed by atoms with Crippen LogP contribution in [0, 0.1) is 5.92 Å². The van der Waals surface area contributed by atoms with Crippen LogP contribution in [0.25, 0.3) is 0 Å². The lowest BCUT2D eigenvalue weighted by Crippen LogP contribution is -2.58. The zero-order valence-electron chi connectivity index (χ0n) is 27.4. The van der Waals surface area contributed by atoms with E-state index in [0.717, 1.165) is 16.5 Å². The van der Waals surface area contributed by atoms with Crippen LogP contribution in [-0.4, -0.2) is 112 Å². The highest BCUT2D eigenvalue weighted by atomic mass is 16.3. The van der Waals surface area contributed by atoms with E-state index in [4.69, 9.17) is 0 Å². The molecule has 15 nitrogen and oxygen atoms in total. The standard InChI is InChI=1S/C33H43N7O8/c1-5-21-12-20(13-26(42)34-21)29(44)35-22-14-25-30(45)37-24(17-41)32(47)39(4)16-27(43)38-28(18(2)3)31(46)36-23(33(48)40(25)15-22)11-19-9-7-6-8-10-19/h6-10,12-13,18,22-25,28,41H,5,11,14-17H2,1-4H3,(H,34,42)(H,35,44)(H,36,46)(H,37,45)(H,38,43)/t22-,23-,24-,25-,28+/m0/s1. The first-order chi connectivity index (χ1) is 22.8. The Kier molecular flexibility index (Phi) is 11.7. The second-order valence-electron chi connectivity index (χ2n) is 12.5. The number of aliphatic hydroxyl groups excluding tert-OH is 1. The average Bonchev–Trinajstić information content (AvgIpc) is 3.48. The highest BCUT2D eigenvalue weighted by molar-refractivity contribution is 5.98. The van der Waals surface area contributed by atoms with Gasteiger partial charge in [0.05, 0.1) is 13.2 Å². The van der Waals surface area contributed by atoms with E-state index >= 15 is 0 Å². The van der Waals surface area contributed by atoms with Crippen LogP contribution in [-0.2, 0) is 36.8 Å². The molecule has 258 valence electrons. The molecule has 0 spiro atoms. The summed E-state index contributed by atoms with van der Waals surface area (Å²) in [7, 11) is 1.32. The first kappa shape index (κ1) is 35.8. The van der Waals surface area contributed by atoms with Crippen molar-refractivity contribution in [2.75, 3.05) is 26.7 Å². The highest BCUT2D eigenvalue weighted by Crippen LogP contribution is 2.22. The topological polar surface area (TPSA) is 210 Å². The number of aliphatic hydroxyl groups is 1. The number of H-pyrrole nitrogens is 1. The van der Waals surface area contributed by atoms with Crippen LogP contribution in [0.5, 0.6) is 0 Å². The van der Waals surface area contributed by atoms with E-state index in [1.807, 2.05) is 6.92 Å². The summed E-state index contributed by atoms with van der Waals surface area (Å²) in [4.78, 5) is 98.1. The van der Waals surface area contributed by atoms with Gasteiger partial charge in [0, 0.05) is 43.4 Å². The van der Waals surface area contributed by atoms with Crippen LogP contribution in [0.1, 0.15) is 48.8 Å². The van der Waals surface area contributed by atoms with Crippen molar-refractivity contribution in [2.45, 2.75) is 70.2 Å². The van der Waals surface area contributed by atoms with Crippen molar-refractivity contribution in [3.05, 3.63) is 69.6 Å². The van der Waals surface area contributed by atoms with E-state index in [0.29, 0.717) is 12.1 Å². The van der Waals surface area contributed by atoms with E-state index in [1.165, 1.54) is 11.9 Å². The van der Waals surface area contributed by atoms with Crippen LogP contribution in [0.15, 0.2) is 47.3 Å². The van der Waals surface area contributed by atoms with Crippen molar-refractivity contribution in [2.24, 2.45) is 5.92 Å². The number of hydrogen-bond donors (Lipinski definition) is 6. The van der Waals surface area contributed by atoms with E-state index in [1.54, 1.807) is 50.2 Å². The van der Waals surface area contributed by atoms with Crippen molar-refractivity contribution < 1.29 is 33.9 Å². The summed E-state index contributed by atoms with van der Waals surface area (Å²) in [5, 5.41) is 20.8. The predicted octanol–water partition coefficient (Wildman–Crippen LogP) is -1.55. The van der Waals surface area contributed by atoms with Crippen molar-refractivity contribution in [1.82, 2.24) is 36.1 Å². The molecule has 2 fully saturated rings. The van der Waals surface area contributed by atoms with Crippen LogP contribution < -0.4 is 26.8 Å². The van der Waals surface area contributed by atoms with Gasteiger partial charge >= 0.3 is 0 Å². The zero-order chi connectivity index (χ0) is 35.1. The quantitative estimate of drug-likeness (QED) is 0.204. The molecule has 3 heterocycles. The molecule has 4 rings (SSSR count). The first-order valence-corrected chi connectivity index (χ1v) is 16.0. The number of rotatable bonds is 7. The number of aromatic amines is 1. The van der Waals surface area contributed by atoms with Gasteiger partial charge in [0.2, 0.25) is 35.1 Å². The molecule has 2 aliphatic heterocycles. The number of fused-ring (bicyclic) bond motifs is 1. The lowest BCUT2D eigenvalue weighted by molar-refractivity contribution is -0.143. The number of nitrogens with one attached hydrogen (secondary N) is 5. The lowest BCUT2D eigenvalue weighted by Gasteiger charge is -2.30. The second kappa shape index (κ2) is 15.7. The number of carbonyl (C=O) groups excluding carboxylic acids is 6. The summed E-state index contributed by atoms with van der Waals surface area (Å²) < 4.78 is 0. The lowest BCUT2D eigenvalue weighted by atomic mass is 10.0. The van der Waals surface area contributed by atoms with Crippen molar-refractivity contribution in [3.8, 4) is 0 Å². The van der Waals surface area contributed by atoms with Gasteiger partial charge in [-0.25, -0.2) is 0 Å². The predicted molar refractivity (Wildman–Crippen MR) is 173 cm³/mol. The van der Waals surface area contributed by atoms with E-state index in [9.17, 15) is 38.7 Å². The van der Waals surface area contributed by atoms with Gasteiger partial charge in [0.15, 0.2) is 0 Å². The molecule has 2 aromatic rings. The normalized spacial score (nSPS) is 24.3. The Hall–Kier alpha value is -5.05. The number of likely N-dealkylation sites (N-methyl/N-ethyl adjacent to an activating group) is 1. The maximum Gasteiger partial charge on any atom is 0.251 e. The fraction of sp³-hybridized carbons (Fsp3) is 0.485. The average molecular weight is 666 g/mol. The van der Waals surface area contributed by atoms with E-state index in [-0.39, 0.29) is 24.9 Å². The van der Waals surface area contributed by atoms with Gasteiger partial charge in [0.1, 0.15) is 24.2 Å². The largest absolute Gasteiger partial charge is 0.394 e. The molecule has 0 unspecified atom stereocenters. The summed E-state index contributed by atoms with van der Waals surface area (Å²) in [5.74, 6) is -4.40. The molecule has 6 N–H and O–H groups in total. The van der Waals surface area contributed by atoms with Gasteiger partial charge in [0.25, 0.3) is 5.91 Å². The Morgan fingerprint density at radius 3 is 2.29 bits per heavy atom. The summed E-state index contributed by atoms with van der Waals surface area (Å²) in [6.07, 6.45) is 0.481. The maximum absolute atomic E-state index is 14.4. The second-order valence-corrected chi connectivity index (χ2v) is 12.5. The van der Waals surface area contributed by atoms with Crippen molar-refractivity contribution in [3.63, 3.8) is 0 Å². The minimum Gasteiger partial charge on any atom is -0.394 e. The number of carbonyl (C=O) groups is 6. The molecule has 2 saturated heterocycles. The van der Waals surface area contributed by atoms with Crippen LogP contribution in [0.4, 0.5) is 0 Å². The van der Waals surface area contributed by atoms with Gasteiger partial charge in [-0.1, -0.05) is 51.1 Å². The highest BCUT2D eigenvalue weighted by Gasteiger charge is 2.44. The third kappa shape index (κ3) is 8.64. The Balaban J connectivity index is 1.72. The number of aryl methyl sites for hydroxylation is 1. The van der Waals surface area contributed by atoms with Gasteiger partial charge in [-0.3, -0.25) is 33.6 Å². The van der Waals surface area contributed by atoms with Gasteiger partial charge < -0.3 is 41.2 Å². The SMILES string of the molecule is CCc1cc(C(=O)N[C@H]2C[C@H]3C(=O)N[C@@H](CO)C(=O)N(C)CC(=O)N[C@H](C(C)C)C(=O)N[C@@H](Cc4ccccc4)C(=O)N3C2)cc(=O)[nH]1. The fourth-order valence-corrected chi connectivity index (χ4v) is 5.90. The third-order valence-electron chi connectivity index (χ3n) is 8.48. The molecule has 1 aromatic carbocycles. The Morgan fingerprint density at radius 1 is 0.958 bits per heavy atom. The Labute approximate surface area is 277 Å². The van der Waals surface area contributed by atoms with Gasteiger partial charge in [-0.2, -0.15) is 0 Å². The molecular weight excluding hydrogens is 622 g/mol. The fourth-order valence-electron chi connectivity index (χ4n) is 5.90. The van der Waals surface area contributed by atoms with Gasteiger partial charge in [-0.15, -0.1) is 0 Å². The molecular formula is C33H43N7O8. The molecule has 48 heavy (non-hydrogen) atoms. The third-order valence-corrected chi connectivity index (χ3v) is 8.48. The monoisotopic (exact) mass is 665 g/mol. The number of pyridine rings is 1. The molecule has 0 saturated carbocycles. The minimum absolute atomic E-state index is 0.0547. The zero-order valence-corrected chi connectivity index (χ0v) is 27.4. The summed E-state index contributed by atoms with van der Waals surface area (Å²) >= 11 is 0. The van der Waals surface area contributed by atoms with Crippen molar-refractivity contribution >= 4 is 35.4 Å². The number of hydrogen-bond acceptors (Lipinski definition) is 8. The summed E-state index contributed by atoms with van der Waals surface area (Å²) in [6, 6.07) is 6.02. The van der Waals surface area contributed by atoms with E-state index in [2.05, 4.69) is 26.3 Å². The van der Waals surface area contributed by atoms with Crippen molar-refractivity contribution in [1.29, 1.82) is 0 Å². The van der Waals surface area contributed by atoms with E-state index < -0.39 is 90.3 Å². The molecule has 0 aliphatic carbocycles. The van der Waals surface area contributed by atoms with Gasteiger partial charge in [-0.05, 0) is 30.4 Å². The molecule has 6 amide bonds. The molecule has 5 atom stereocenters. The smallest absolute Gasteiger partial charge is 0.251 e. The molecule has 15 heteroatoms. The summed E-state index contributed by atoms with van der Waals surface area (Å²) in [6.45, 7) is 3.89. The van der Waals surface area contributed by atoms with Crippen LogP contribution in [0.3, 0.4) is 0 Å². The maximum atomic E-state index is 14.4. The molecule has 2 aliphatic rings. The minimum atomic E-state index is -1.43. The molecule has 0 bridgehead atoms. The Bertz CT molecular complexity index is 1590. The number of amides is 6. The number of benzene rings is 1.